The Balaban J connectivity index is 0. The van der Waals surface area contributed by atoms with Crippen LogP contribution in [-0.2, 0) is 21.1 Å². The predicted molar refractivity (Wildman–Crippen MR) is 29.5 cm³/mol. The summed E-state index contributed by atoms with van der Waals surface area (Å²) in [6, 6.07) is 0. The van der Waals surface area contributed by atoms with E-state index in [-0.39, 0.29) is 21.1 Å². The maximum atomic E-state index is 2.20. The molecule has 0 rings (SSSR count). The Morgan fingerprint density at radius 1 is 1.29 bits per heavy atom. The number of rotatable bonds is 2. The van der Waals surface area contributed by atoms with Crippen LogP contribution < -0.4 is 0 Å². The van der Waals surface area contributed by atoms with Gasteiger partial charge in [-0.1, -0.05) is 13.3 Å². The van der Waals surface area contributed by atoms with E-state index in [2.05, 4.69) is 20.8 Å². The van der Waals surface area contributed by atoms with Crippen LogP contribution in [-0.4, -0.2) is 0 Å². The van der Waals surface area contributed by atoms with Crippen LogP contribution in [0.15, 0.2) is 0 Å². The van der Waals surface area contributed by atoms with Gasteiger partial charge >= 0.3 is 0 Å². The molecule has 0 aliphatic rings. The molecule has 0 bridgehead atoms. The quantitative estimate of drug-likeness (QED) is 0.675. The van der Waals surface area contributed by atoms with Crippen LogP contribution in [0.4, 0.5) is 0 Å². The summed E-state index contributed by atoms with van der Waals surface area (Å²) in [6.07, 6.45) is 2.59. The Morgan fingerprint density at radius 3 is 1.71 bits per heavy atom. The van der Waals surface area contributed by atoms with Crippen molar-refractivity contribution in [2.45, 2.75) is 33.6 Å². The van der Waals surface area contributed by atoms with Crippen LogP contribution in [0, 0.1) is 5.92 Å². The van der Waals surface area contributed by atoms with E-state index >= 15 is 0 Å². The molecule has 0 saturated carbocycles. The van der Waals surface area contributed by atoms with E-state index in [0.717, 1.165) is 0 Å². The smallest absolute Gasteiger partial charge is 0 e. The molecule has 0 heterocycles. The predicted octanol–water partition coefficient (Wildman–Crippen LogP) is 2.40. The molecule has 0 unspecified atom stereocenters. The maximum absolute atomic E-state index is 2.20. The van der Waals surface area contributed by atoms with E-state index in [4.69, 9.17) is 0 Å². The van der Waals surface area contributed by atoms with Gasteiger partial charge in [0.1, 0.15) is 0 Å². The van der Waals surface area contributed by atoms with Crippen molar-refractivity contribution in [1.82, 2.24) is 0 Å². The second-order valence-corrected chi connectivity index (χ2v) is 1.96. The first-order valence-corrected chi connectivity index (χ1v) is 2.56. The van der Waals surface area contributed by atoms with Crippen molar-refractivity contribution in [2.24, 2.45) is 0 Å². The largest absolute Gasteiger partial charge is 0.320 e. The van der Waals surface area contributed by atoms with Gasteiger partial charge in [0.2, 0.25) is 0 Å². The van der Waals surface area contributed by atoms with Gasteiger partial charge in [-0.15, -0.1) is 0 Å². The molecule has 7 heavy (non-hydrogen) atoms. The molecule has 0 N–H and O–H groups in total. The molecule has 0 fully saturated rings. The first-order valence-electron chi connectivity index (χ1n) is 2.56. The zero-order valence-electron chi connectivity index (χ0n) is 5.32. The summed E-state index contributed by atoms with van der Waals surface area (Å²) >= 11 is 0. The fourth-order valence-electron chi connectivity index (χ4n) is 0.500. The third kappa shape index (κ3) is 10.8. The molecular weight excluding hydrogens is 256 g/mol. The molecule has 0 aromatic carbocycles. The fourth-order valence-corrected chi connectivity index (χ4v) is 0.500. The van der Waals surface area contributed by atoms with Crippen molar-refractivity contribution in [3.63, 3.8) is 0 Å². The molecule has 0 aliphatic heterocycles. The first-order chi connectivity index (χ1) is 2.77. The third-order valence-corrected chi connectivity index (χ3v) is 0.750. The normalized spacial score (nSPS) is 8.57. The van der Waals surface area contributed by atoms with E-state index < -0.39 is 0 Å². The van der Waals surface area contributed by atoms with Crippen LogP contribution in [0.3, 0.4) is 0 Å². The monoisotopic (exact) mass is 269 g/mol. The third-order valence-electron chi connectivity index (χ3n) is 0.750. The van der Waals surface area contributed by atoms with Gasteiger partial charge in [-0.3, -0.25) is 0 Å². The maximum Gasteiger partial charge on any atom is 0 e. The summed E-state index contributed by atoms with van der Waals surface area (Å²) in [5, 5.41) is 0. The van der Waals surface area contributed by atoms with Gasteiger partial charge in [0.15, 0.2) is 0 Å². The Hall–Kier alpha value is 0.688. The summed E-state index contributed by atoms with van der Waals surface area (Å²) < 4.78 is 0. The van der Waals surface area contributed by atoms with Crippen LogP contribution in [0.2, 0.25) is 0 Å². The molecule has 0 aromatic rings. The minimum atomic E-state index is 0. The fraction of sp³-hybridized carbons (Fsp3) is 0.833. The van der Waals surface area contributed by atoms with Gasteiger partial charge in [0.25, 0.3) is 0 Å². The second-order valence-electron chi connectivity index (χ2n) is 1.96. The molecule has 0 saturated heterocycles. The van der Waals surface area contributed by atoms with E-state index in [1.807, 2.05) is 0 Å². The molecule has 0 atom stereocenters. The van der Waals surface area contributed by atoms with Crippen molar-refractivity contribution in [2.75, 3.05) is 0 Å². The Labute approximate surface area is 61.0 Å². The molecule has 0 nitrogen and oxygen atoms in total. The van der Waals surface area contributed by atoms with Crippen LogP contribution in [0.5, 0.6) is 0 Å². The molecular formula is C6H13W-. The van der Waals surface area contributed by atoms with Crippen molar-refractivity contribution in [1.29, 1.82) is 0 Å². The summed E-state index contributed by atoms with van der Waals surface area (Å²) in [4.78, 5) is 0. The van der Waals surface area contributed by atoms with Gasteiger partial charge < -0.3 is 5.92 Å². The first kappa shape index (κ1) is 10.6. The molecule has 1 heteroatoms. The van der Waals surface area contributed by atoms with E-state index in [1.165, 1.54) is 18.8 Å². The molecule has 0 aromatic heterocycles. The summed E-state index contributed by atoms with van der Waals surface area (Å²) in [5.41, 5.74) is 0. The van der Waals surface area contributed by atoms with Gasteiger partial charge in [-0.2, -0.15) is 20.3 Å². The Kier molecular flexibility index (Phi) is 10.2. The zero-order chi connectivity index (χ0) is 4.99. The van der Waals surface area contributed by atoms with Crippen molar-refractivity contribution in [3.8, 4) is 0 Å². The van der Waals surface area contributed by atoms with E-state index in [0.29, 0.717) is 0 Å². The van der Waals surface area contributed by atoms with Gasteiger partial charge in [0.05, 0.1) is 0 Å². The Bertz CT molecular complexity index is 25.4. The topological polar surface area (TPSA) is 0 Å². The minimum absolute atomic E-state index is 0. The second kappa shape index (κ2) is 6.69. The summed E-state index contributed by atoms with van der Waals surface area (Å²) in [6.45, 7) is 6.54. The van der Waals surface area contributed by atoms with Crippen molar-refractivity contribution < 1.29 is 21.1 Å². The zero-order valence-corrected chi connectivity index (χ0v) is 8.26. The standard InChI is InChI=1S/C6H13.W/c1-4-5-6(2)3;/h4-5H2,1-3H3;/q-1;. The molecule has 0 radical (unpaired) electrons. The van der Waals surface area contributed by atoms with Crippen LogP contribution in [0.1, 0.15) is 33.6 Å². The van der Waals surface area contributed by atoms with E-state index in [1.54, 1.807) is 0 Å². The minimum Gasteiger partial charge on any atom is -0.320 e. The van der Waals surface area contributed by atoms with Crippen LogP contribution >= 0.6 is 0 Å². The molecule has 44 valence electrons. The Morgan fingerprint density at radius 2 is 1.71 bits per heavy atom. The van der Waals surface area contributed by atoms with Crippen molar-refractivity contribution in [3.05, 3.63) is 5.92 Å². The number of hydrogen-bond acceptors (Lipinski definition) is 0. The molecule has 0 spiro atoms. The average molecular weight is 269 g/mol. The summed E-state index contributed by atoms with van der Waals surface area (Å²) in [7, 11) is 0. The SMILES string of the molecule is CCC[C-](C)C.[W]. The van der Waals surface area contributed by atoms with Gasteiger partial charge in [-0.05, 0) is 0 Å². The van der Waals surface area contributed by atoms with Gasteiger partial charge in [-0.25, -0.2) is 0 Å². The molecule has 0 amide bonds. The van der Waals surface area contributed by atoms with Crippen molar-refractivity contribution >= 4 is 0 Å². The summed E-state index contributed by atoms with van der Waals surface area (Å²) in [5.74, 6) is 1.54. The molecule has 0 aliphatic carbocycles. The van der Waals surface area contributed by atoms with Crippen LogP contribution in [0.25, 0.3) is 0 Å². The number of hydrogen-bond donors (Lipinski definition) is 0. The van der Waals surface area contributed by atoms with E-state index in [9.17, 15) is 0 Å². The van der Waals surface area contributed by atoms with Gasteiger partial charge in [0, 0.05) is 21.1 Å². The average Bonchev–Trinajstić information content (AvgIpc) is 1.35.